The first kappa shape index (κ1) is 13.8. The molecule has 3 saturated heterocycles. The van der Waals surface area contributed by atoms with Crippen LogP contribution in [0.15, 0.2) is 0 Å². The van der Waals surface area contributed by atoms with E-state index in [2.05, 4.69) is 23.6 Å². The Balaban J connectivity index is 1.73. The van der Waals surface area contributed by atoms with E-state index in [0.29, 0.717) is 11.0 Å². The smallest absolute Gasteiger partial charge is 0.0498 e. The van der Waals surface area contributed by atoms with Gasteiger partial charge in [-0.2, -0.15) is 0 Å². The first-order valence-electron chi connectivity index (χ1n) is 8.33. The number of fused-ring (bicyclic) bond motifs is 1. The molecule has 3 nitrogen and oxygen atoms in total. The summed E-state index contributed by atoms with van der Waals surface area (Å²) < 4.78 is 0. The molecule has 2 atom stereocenters. The Bertz CT molecular complexity index is 322. The minimum absolute atomic E-state index is 0.311. The van der Waals surface area contributed by atoms with E-state index < -0.39 is 0 Å². The quantitative estimate of drug-likeness (QED) is 0.848. The van der Waals surface area contributed by atoms with Crippen molar-refractivity contribution < 1.29 is 0 Å². The number of rotatable bonds is 3. The summed E-state index contributed by atoms with van der Waals surface area (Å²) in [7, 11) is 0. The molecular formula is C16H31N3. The van der Waals surface area contributed by atoms with Gasteiger partial charge in [-0.05, 0) is 57.2 Å². The Kier molecular flexibility index (Phi) is 3.65. The lowest BCUT2D eigenvalue weighted by Gasteiger charge is -2.50. The maximum atomic E-state index is 6.29. The number of nitrogens with zero attached hydrogens (tertiary/aromatic N) is 2. The van der Waals surface area contributed by atoms with Crippen LogP contribution in [0.3, 0.4) is 0 Å². The molecule has 110 valence electrons. The van der Waals surface area contributed by atoms with Crippen molar-refractivity contribution in [2.45, 2.75) is 64.0 Å². The van der Waals surface area contributed by atoms with Gasteiger partial charge < -0.3 is 5.73 Å². The van der Waals surface area contributed by atoms with E-state index in [1.807, 2.05) is 0 Å². The van der Waals surface area contributed by atoms with Crippen LogP contribution in [-0.2, 0) is 0 Å². The van der Waals surface area contributed by atoms with Gasteiger partial charge in [0.05, 0.1) is 0 Å². The van der Waals surface area contributed by atoms with Crippen molar-refractivity contribution in [2.75, 3.05) is 32.7 Å². The van der Waals surface area contributed by atoms with Crippen molar-refractivity contribution in [1.29, 1.82) is 0 Å². The molecule has 0 aromatic rings. The van der Waals surface area contributed by atoms with Crippen LogP contribution < -0.4 is 5.73 Å². The summed E-state index contributed by atoms with van der Waals surface area (Å²) in [4.78, 5) is 5.49. The second-order valence-corrected chi connectivity index (χ2v) is 7.40. The minimum atomic E-state index is 0.311. The lowest BCUT2D eigenvalue weighted by atomic mass is 9.75. The van der Waals surface area contributed by atoms with Crippen LogP contribution in [-0.4, -0.2) is 54.1 Å². The summed E-state index contributed by atoms with van der Waals surface area (Å²) >= 11 is 0. The third-order valence-corrected chi connectivity index (χ3v) is 6.62. The Morgan fingerprint density at radius 1 is 1.11 bits per heavy atom. The van der Waals surface area contributed by atoms with Crippen LogP contribution in [0, 0.1) is 5.41 Å². The fourth-order valence-corrected chi connectivity index (χ4v) is 4.79. The molecule has 19 heavy (non-hydrogen) atoms. The van der Waals surface area contributed by atoms with Gasteiger partial charge in [-0.15, -0.1) is 0 Å². The highest BCUT2D eigenvalue weighted by Crippen LogP contribution is 2.43. The molecule has 0 aliphatic carbocycles. The number of piperidine rings is 1. The summed E-state index contributed by atoms with van der Waals surface area (Å²) in [6.45, 7) is 10.8. The molecule has 3 aliphatic heterocycles. The van der Waals surface area contributed by atoms with Crippen molar-refractivity contribution in [3.63, 3.8) is 0 Å². The molecule has 3 rings (SSSR count). The zero-order valence-corrected chi connectivity index (χ0v) is 12.8. The van der Waals surface area contributed by atoms with Gasteiger partial charge in [0, 0.05) is 24.7 Å². The summed E-state index contributed by atoms with van der Waals surface area (Å²) in [6, 6.07) is 0.753. The predicted octanol–water partition coefficient (Wildman–Crippen LogP) is 2.06. The van der Waals surface area contributed by atoms with Gasteiger partial charge in [-0.3, -0.25) is 9.80 Å². The van der Waals surface area contributed by atoms with Crippen molar-refractivity contribution in [2.24, 2.45) is 11.1 Å². The molecule has 0 spiro atoms. The lowest BCUT2D eigenvalue weighted by molar-refractivity contribution is 0.00939. The predicted molar refractivity (Wildman–Crippen MR) is 80.2 cm³/mol. The number of nitrogens with two attached hydrogens (primary N) is 1. The van der Waals surface area contributed by atoms with E-state index in [0.717, 1.165) is 12.6 Å². The molecule has 0 aromatic carbocycles. The largest absolute Gasteiger partial charge is 0.329 e. The van der Waals surface area contributed by atoms with E-state index in [4.69, 9.17) is 5.73 Å². The molecule has 2 unspecified atom stereocenters. The molecule has 0 bridgehead atoms. The zero-order valence-electron chi connectivity index (χ0n) is 12.8. The molecule has 3 heterocycles. The van der Waals surface area contributed by atoms with E-state index in [1.165, 1.54) is 64.7 Å². The molecule has 0 saturated carbocycles. The number of likely N-dealkylation sites (tertiary alicyclic amines) is 1. The van der Waals surface area contributed by atoms with Crippen LogP contribution in [0.5, 0.6) is 0 Å². The Hall–Kier alpha value is -0.120. The molecule has 3 aliphatic rings. The van der Waals surface area contributed by atoms with Gasteiger partial charge in [-0.25, -0.2) is 0 Å². The first-order chi connectivity index (χ1) is 9.13. The lowest BCUT2D eigenvalue weighted by Crippen LogP contribution is -2.62. The SMILES string of the molecule is CCC1(C)CCN(C2(CN)CCN3CCCC32)CC1. The summed E-state index contributed by atoms with van der Waals surface area (Å²) in [5.41, 5.74) is 7.18. The standard InChI is InChI=1S/C16H31N3/c1-3-15(2)6-11-19(12-7-15)16(13-17)8-10-18-9-4-5-14(16)18/h14H,3-13,17H2,1-2H3. The fourth-order valence-electron chi connectivity index (χ4n) is 4.79. The average Bonchev–Trinajstić information content (AvgIpc) is 3.02. The van der Waals surface area contributed by atoms with E-state index in [9.17, 15) is 0 Å². The van der Waals surface area contributed by atoms with Gasteiger partial charge in [0.2, 0.25) is 0 Å². The van der Waals surface area contributed by atoms with Crippen molar-refractivity contribution in [3.8, 4) is 0 Å². The second-order valence-electron chi connectivity index (χ2n) is 7.40. The van der Waals surface area contributed by atoms with Crippen LogP contribution in [0.1, 0.15) is 52.4 Å². The highest BCUT2D eigenvalue weighted by atomic mass is 15.3. The molecule has 0 radical (unpaired) electrons. The number of hydrogen-bond donors (Lipinski definition) is 1. The summed E-state index contributed by atoms with van der Waals surface area (Å²) in [6.07, 6.45) is 8.10. The molecule has 3 heteroatoms. The van der Waals surface area contributed by atoms with Crippen LogP contribution >= 0.6 is 0 Å². The zero-order chi connectivity index (χ0) is 13.5. The van der Waals surface area contributed by atoms with Gasteiger partial charge in [-0.1, -0.05) is 20.3 Å². The van der Waals surface area contributed by atoms with E-state index in [-0.39, 0.29) is 0 Å². The maximum Gasteiger partial charge on any atom is 0.0498 e. The van der Waals surface area contributed by atoms with Crippen LogP contribution in [0.4, 0.5) is 0 Å². The molecule has 2 N–H and O–H groups in total. The molecule has 0 amide bonds. The van der Waals surface area contributed by atoms with Gasteiger partial charge in [0.15, 0.2) is 0 Å². The van der Waals surface area contributed by atoms with Crippen molar-refractivity contribution >= 4 is 0 Å². The monoisotopic (exact) mass is 265 g/mol. The van der Waals surface area contributed by atoms with Gasteiger partial charge >= 0.3 is 0 Å². The molecule has 3 fully saturated rings. The normalized spacial score (nSPS) is 39.6. The fraction of sp³-hybridized carbons (Fsp3) is 1.00. The highest BCUT2D eigenvalue weighted by Gasteiger charge is 2.52. The molecular weight excluding hydrogens is 234 g/mol. The topological polar surface area (TPSA) is 32.5 Å². The Morgan fingerprint density at radius 3 is 2.47 bits per heavy atom. The second kappa shape index (κ2) is 5.01. The van der Waals surface area contributed by atoms with Crippen molar-refractivity contribution in [1.82, 2.24) is 9.80 Å². The Morgan fingerprint density at radius 2 is 1.84 bits per heavy atom. The van der Waals surface area contributed by atoms with Gasteiger partial charge in [0.25, 0.3) is 0 Å². The highest BCUT2D eigenvalue weighted by molar-refractivity contribution is 5.10. The average molecular weight is 265 g/mol. The minimum Gasteiger partial charge on any atom is -0.329 e. The Labute approximate surface area is 118 Å². The van der Waals surface area contributed by atoms with Gasteiger partial charge in [0.1, 0.15) is 0 Å². The molecule has 0 aromatic heterocycles. The maximum absolute atomic E-state index is 6.29. The van der Waals surface area contributed by atoms with Crippen molar-refractivity contribution in [3.05, 3.63) is 0 Å². The first-order valence-corrected chi connectivity index (χ1v) is 8.33. The summed E-state index contributed by atoms with van der Waals surface area (Å²) in [5.74, 6) is 0. The van der Waals surface area contributed by atoms with E-state index >= 15 is 0 Å². The van der Waals surface area contributed by atoms with Crippen LogP contribution in [0.25, 0.3) is 0 Å². The summed E-state index contributed by atoms with van der Waals surface area (Å²) in [5, 5.41) is 0. The van der Waals surface area contributed by atoms with Crippen LogP contribution in [0.2, 0.25) is 0 Å². The third-order valence-electron chi connectivity index (χ3n) is 6.62. The van der Waals surface area contributed by atoms with E-state index in [1.54, 1.807) is 0 Å². The third kappa shape index (κ3) is 2.14. The number of hydrogen-bond acceptors (Lipinski definition) is 3.